The van der Waals surface area contributed by atoms with Crippen LogP contribution in [0, 0.1) is 5.92 Å². The molecule has 212 valence electrons. The Labute approximate surface area is 237 Å². The molecule has 1 saturated carbocycles. The molecule has 1 aromatic rings. The van der Waals surface area contributed by atoms with Crippen molar-refractivity contribution in [3.63, 3.8) is 0 Å². The van der Waals surface area contributed by atoms with Crippen LogP contribution in [0.2, 0.25) is 0 Å². The molecule has 4 aliphatic heterocycles. The number of carboxylic acids is 1. The summed E-state index contributed by atoms with van der Waals surface area (Å²) in [5.74, 6) is -2.34. The quantitative estimate of drug-likeness (QED) is 0.121. The van der Waals surface area contributed by atoms with Gasteiger partial charge in [0.1, 0.15) is 28.9 Å². The zero-order chi connectivity index (χ0) is 28.0. The van der Waals surface area contributed by atoms with Crippen LogP contribution in [-0.4, -0.2) is 87.3 Å². The molecule has 15 heteroatoms. The minimum absolute atomic E-state index is 0.00332. The zero-order valence-electron chi connectivity index (χ0n) is 21.5. The highest BCUT2D eigenvalue weighted by molar-refractivity contribution is 8.00. The lowest BCUT2D eigenvalue weighted by atomic mass is 9.82. The number of anilines is 1. The molecule has 3 saturated heterocycles. The molecule has 6 rings (SSSR count). The van der Waals surface area contributed by atoms with E-state index < -0.39 is 29.2 Å². The molecular formula is C25H29N7O6S2. The number of oxime groups is 1. The molecule has 1 aliphatic carbocycles. The van der Waals surface area contributed by atoms with Gasteiger partial charge in [-0.15, -0.1) is 23.1 Å². The van der Waals surface area contributed by atoms with Crippen molar-refractivity contribution in [2.45, 2.75) is 49.6 Å². The van der Waals surface area contributed by atoms with E-state index in [1.807, 2.05) is 0 Å². The zero-order valence-corrected chi connectivity index (χ0v) is 23.1. The van der Waals surface area contributed by atoms with Gasteiger partial charge in [-0.3, -0.25) is 19.3 Å². The summed E-state index contributed by atoms with van der Waals surface area (Å²) >= 11 is 2.51. The number of hydrogen-bond acceptors (Lipinski definition) is 11. The van der Waals surface area contributed by atoms with Crippen LogP contribution in [-0.2, 0) is 24.0 Å². The number of thioether (sulfide) groups is 1. The van der Waals surface area contributed by atoms with Gasteiger partial charge in [-0.05, 0) is 43.3 Å². The lowest BCUT2D eigenvalue weighted by Gasteiger charge is -2.50. The summed E-state index contributed by atoms with van der Waals surface area (Å²) in [5.41, 5.74) is 7.61. The Hall–Kier alpha value is -3.43. The van der Waals surface area contributed by atoms with E-state index in [0.29, 0.717) is 43.0 Å². The number of carbonyl (C=O) groups excluding carboxylic acids is 3. The van der Waals surface area contributed by atoms with Crippen molar-refractivity contribution in [2.24, 2.45) is 11.1 Å². The third-order valence-electron chi connectivity index (χ3n) is 7.81. The monoisotopic (exact) mass is 587 g/mol. The normalized spacial score (nSPS) is 26.7. The van der Waals surface area contributed by atoms with Crippen LogP contribution in [0.4, 0.5) is 5.13 Å². The highest BCUT2D eigenvalue weighted by Crippen LogP contribution is 2.45. The number of carboxylic acid groups (broad SMARTS) is 1. The largest absolute Gasteiger partial charge is 0.477 e. The Morgan fingerprint density at radius 3 is 2.62 bits per heavy atom. The highest BCUT2D eigenvalue weighted by Gasteiger charge is 2.55. The van der Waals surface area contributed by atoms with Gasteiger partial charge in [0.15, 0.2) is 10.8 Å². The number of thiazole rings is 1. The van der Waals surface area contributed by atoms with Crippen LogP contribution in [0.1, 0.15) is 37.8 Å². The minimum Gasteiger partial charge on any atom is -0.477 e. The molecule has 5 aliphatic rings. The number of fused-ring (bicyclic) bond motifs is 1. The summed E-state index contributed by atoms with van der Waals surface area (Å²) in [6.45, 7) is 1.77. The highest BCUT2D eigenvalue weighted by atomic mass is 32.2. The molecule has 1 aromatic heterocycles. The van der Waals surface area contributed by atoms with Crippen molar-refractivity contribution < 1.29 is 29.1 Å². The first kappa shape index (κ1) is 26.8. The second-order valence-corrected chi connectivity index (χ2v) is 12.3. The van der Waals surface area contributed by atoms with E-state index in [1.54, 1.807) is 5.38 Å². The molecule has 6 N–H and O–H groups in total. The van der Waals surface area contributed by atoms with Crippen molar-refractivity contribution >= 4 is 57.6 Å². The predicted octanol–water partition coefficient (Wildman–Crippen LogP) is 0.163. The van der Waals surface area contributed by atoms with E-state index in [9.17, 15) is 24.3 Å². The van der Waals surface area contributed by atoms with Crippen molar-refractivity contribution in [3.05, 3.63) is 33.5 Å². The predicted molar refractivity (Wildman–Crippen MR) is 147 cm³/mol. The molecule has 0 unspecified atom stereocenters. The third-order valence-corrected chi connectivity index (χ3v) is 9.76. The summed E-state index contributed by atoms with van der Waals surface area (Å²) in [7, 11) is 0. The lowest BCUT2D eigenvalue weighted by Crippen LogP contribution is -2.71. The second-order valence-electron chi connectivity index (χ2n) is 10.3. The summed E-state index contributed by atoms with van der Waals surface area (Å²) in [6.07, 6.45) is 4.15. The van der Waals surface area contributed by atoms with Gasteiger partial charge in [-0.1, -0.05) is 5.16 Å². The Bertz CT molecular complexity index is 1360. The molecule has 0 aromatic carbocycles. The molecule has 13 nitrogen and oxygen atoms in total. The van der Waals surface area contributed by atoms with Crippen LogP contribution in [0.5, 0.6) is 0 Å². The smallest absolute Gasteiger partial charge is 0.352 e. The Balaban J connectivity index is 1.26. The van der Waals surface area contributed by atoms with Crippen LogP contribution in [0.15, 0.2) is 33.0 Å². The number of aromatic nitrogens is 1. The molecular weight excluding hydrogens is 558 g/mol. The maximum Gasteiger partial charge on any atom is 0.352 e. The number of β-lactam (4-membered cyclic amide) rings is 1. The van der Waals surface area contributed by atoms with E-state index in [2.05, 4.69) is 26.1 Å². The number of aliphatic carboxylic acids is 1. The summed E-state index contributed by atoms with van der Waals surface area (Å²) in [4.78, 5) is 62.8. The van der Waals surface area contributed by atoms with Crippen LogP contribution >= 0.6 is 23.1 Å². The maximum absolute atomic E-state index is 13.4. The van der Waals surface area contributed by atoms with Gasteiger partial charge in [0.2, 0.25) is 5.91 Å². The number of nitrogens with two attached hydrogens (primary N) is 1. The maximum atomic E-state index is 13.4. The van der Waals surface area contributed by atoms with Crippen molar-refractivity contribution in [1.82, 2.24) is 25.8 Å². The summed E-state index contributed by atoms with van der Waals surface area (Å²) < 4.78 is 0. The van der Waals surface area contributed by atoms with E-state index in [-0.39, 0.29) is 40.2 Å². The molecule has 3 amide bonds. The topological polar surface area (TPSA) is 188 Å². The average Bonchev–Trinajstić information content (AvgIpc) is 3.67. The number of carbonyl (C=O) groups is 4. The minimum atomic E-state index is -1.24. The molecule has 40 heavy (non-hydrogen) atoms. The van der Waals surface area contributed by atoms with E-state index in [0.717, 1.165) is 42.6 Å². The van der Waals surface area contributed by atoms with Gasteiger partial charge in [0, 0.05) is 42.3 Å². The van der Waals surface area contributed by atoms with Crippen molar-refractivity contribution in [1.29, 1.82) is 0 Å². The van der Waals surface area contributed by atoms with Crippen molar-refractivity contribution in [3.8, 4) is 0 Å². The van der Waals surface area contributed by atoms with Gasteiger partial charge in [-0.25, -0.2) is 9.78 Å². The van der Waals surface area contributed by atoms with Crippen LogP contribution in [0.3, 0.4) is 0 Å². The van der Waals surface area contributed by atoms with Crippen LogP contribution in [0.25, 0.3) is 0 Å². The number of nitrogen functional groups attached to an aromatic ring is 1. The fourth-order valence-electron chi connectivity index (χ4n) is 5.70. The molecule has 5 heterocycles. The Morgan fingerprint density at radius 2 is 2.02 bits per heavy atom. The molecule has 4 fully saturated rings. The number of nitrogens with zero attached hydrogens (tertiary/aromatic N) is 3. The second kappa shape index (κ2) is 10.9. The number of rotatable bonds is 8. The SMILES string of the molecule is Nc1nc(C(=NOC2CCCC2)C(=O)N[C@@H]2C(=O)N3C(C(=O)O)=C(C(=C4CCNC4=O)C4CNC4)CS[C@H]23)cs1. The molecule has 2 atom stereocenters. The van der Waals surface area contributed by atoms with Gasteiger partial charge in [-0.2, -0.15) is 0 Å². The first-order valence-electron chi connectivity index (χ1n) is 13.2. The Kier molecular flexibility index (Phi) is 7.27. The van der Waals surface area contributed by atoms with E-state index in [1.165, 1.54) is 16.7 Å². The fraction of sp³-hybridized carbons (Fsp3) is 0.520. The Morgan fingerprint density at radius 1 is 1.25 bits per heavy atom. The van der Waals surface area contributed by atoms with Gasteiger partial charge >= 0.3 is 5.97 Å². The van der Waals surface area contributed by atoms with E-state index in [4.69, 9.17) is 10.6 Å². The fourth-order valence-corrected chi connectivity index (χ4v) is 7.62. The van der Waals surface area contributed by atoms with Gasteiger partial charge in [0.25, 0.3) is 11.8 Å². The van der Waals surface area contributed by atoms with Crippen molar-refractivity contribution in [2.75, 3.05) is 31.1 Å². The van der Waals surface area contributed by atoms with Gasteiger partial charge in [0.05, 0.1) is 0 Å². The number of nitrogens with one attached hydrogen (secondary N) is 3. The molecule has 0 radical (unpaired) electrons. The standard InChI is InChI=1S/C25H29N7O6S2/c26-25-29-15(10-40-25)17(31-38-12-3-1-2-4-12)21(34)30-18-22(35)32-19(24(36)37)14(9-39-23(18)32)16(11-7-27-8-11)13-5-6-28-20(13)33/h10-12,18,23,27H,1-9H2,(H2,26,29)(H,28,33)(H,30,34)(H,36,37)/t18-,23-/m1/s1. The van der Waals surface area contributed by atoms with E-state index >= 15 is 0 Å². The van der Waals surface area contributed by atoms with Gasteiger partial charge < -0.3 is 31.6 Å². The summed E-state index contributed by atoms with van der Waals surface area (Å²) in [5, 5.41) is 24.3. The first-order chi connectivity index (χ1) is 19.3. The number of amides is 3. The summed E-state index contributed by atoms with van der Waals surface area (Å²) in [6, 6.07) is -0.961. The molecule has 0 spiro atoms. The number of hydrogen-bond donors (Lipinski definition) is 5. The lowest BCUT2D eigenvalue weighted by molar-refractivity contribution is -0.150. The average molecular weight is 588 g/mol. The third kappa shape index (κ3) is 4.75. The molecule has 0 bridgehead atoms. The van der Waals surface area contributed by atoms with Crippen LogP contribution < -0.4 is 21.7 Å². The first-order valence-corrected chi connectivity index (χ1v) is 15.2.